The number of morpholine rings is 1. The van der Waals surface area contributed by atoms with Crippen molar-refractivity contribution in [2.24, 2.45) is 0 Å². The lowest BCUT2D eigenvalue weighted by molar-refractivity contribution is -0.0748. The van der Waals surface area contributed by atoms with Crippen LogP contribution in [0.5, 0.6) is 5.75 Å². The van der Waals surface area contributed by atoms with Crippen molar-refractivity contribution in [3.8, 4) is 5.75 Å². The molecule has 0 spiro atoms. The molecule has 0 radical (unpaired) electrons. The van der Waals surface area contributed by atoms with Crippen LogP contribution in [0.4, 0.5) is 0 Å². The van der Waals surface area contributed by atoms with Gasteiger partial charge in [0.15, 0.2) is 0 Å². The maximum absolute atomic E-state index is 9.85. The predicted molar refractivity (Wildman–Crippen MR) is 77.9 cm³/mol. The molecule has 1 aromatic rings. The summed E-state index contributed by atoms with van der Waals surface area (Å²) in [5.74, 6) is 0.409. The normalized spacial score (nSPS) is 33.7. The lowest BCUT2D eigenvalue weighted by Gasteiger charge is -2.44. The van der Waals surface area contributed by atoms with Gasteiger partial charge in [-0.25, -0.2) is 0 Å². The number of phenols is 1. The van der Waals surface area contributed by atoms with Crippen LogP contribution in [0.2, 0.25) is 0 Å². The van der Waals surface area contributed by atoms with E-state index in [4.69, 9.17) is 4.74 Å². The van der Waals surface area contributed by atoms with E-state index in [0.717, 1.165) is 19.6 Å². The Hall–Kier alpha value is -1.06. The first kappa shape index (κ1) is 12.7. The number of benzene rings is 1. The molecule has 4 rings (SSSR count). The molecule has 2 fully saturated rings. The second kappa shape index (κ2) is 5.05. The second-order valence-corrected chi connectivity index (χ2v) is 6.44. The topological polar surface area (TPSA) is 32.7 Å². The molecule has 3 nitrogen and oxygen atoms in total. The van der Waals surface area contributed by atoms with E-state index < -0.39 is 0 Å². The molecular formula is C17H23NO2. The summed E-state index contributed by atoms with van der Waals surface area (Å²) >= 11 is 0. The largest absolute Gasteiger partial charge is 0.508 e. The number of ether oxygens (including phenoxy) is 1. The van der Waals surface area contributed by atoms with E-state index in [1.54, 1.807) is 0 Å². The Labute approximate surface area is 120 Å². The minimum atomic E-state index is 0.409. The summed E-state index contributed by atoms with van der Waals surface area (Å²) in [6.45, 7) is 1.91. The van der Waals surface area contributed by atoms with Gasteiger partial charge in [-0.3, -0.25) is 4.90 Å². The molecular weight excluding hydrogens is 250 g/mol. The zero-order valence-electron chi connectivity index (χ0n) is 11.9. The number of aromatic hydroxyl groups is 1. The number of phenolic OH excluding ortho intramolecular Hbond substituents is 1. The molecule has 20 heavy (non-hydrogen) atoms. The highest BCUT2D eigenvalue weighted by atomic mass is 16.5. The lowest BCUT2D eigenvalue weighted by Crippen LogP contribution is -2.50. The molecule has 0 aromatic heterocycles. The van der Waals surface area contributed by atoms with Gasteiger partial charge in [-0.05, 0) is 61.8 Å². The zero-order valence-corrected chi connectivity index (χ0v) is 11.9. The van der Waals surface area contributed by atoms with Crippen LogP contribution < -0.4 is 0 Å². The molecule has 3 heteroatoms. The Bertz CT molecular complexity index is 502. The zero-order chi connectivity index (χ0) is 13.5. The molecule has 1 saturated carbocycles. The summed E-state index contributed by atoms with van der Waals surface area (Å²) in [5, 5.41) is 9.85. The van der Waals surface area contributed by atoms with Crippen molar-refractivity contribution >= 4 is 0 Å². The molecule has 3 atom stereocenters. The highest BCUT2D eigenvalue weighted by Gasteiger charge is 2.40. The number of aryl methyl sites for hydroxylation is 1. The standard InChI is InChI=1S/C17H23NO2/c19-13-8-7-12-3-1-4-15(14(12)11-13)18-9-10-20-17-6-2-5-16(17)18/h7-8,11,15-17,19H,1-6,9-10H2. The van der Waals surface area contributed by atoms with Crippen LogP contribution in [-0.2, 0) is 11.2 Å². The molecule has 3 unspecified atom stereocenters. The van der Waals surface area contributed by atoms with Gasteiger partial charge in [-0.1, -0.05) is 6.07 Å². The van der Waals surface area contributed by atoms with Crippen molar-refractivity contribution in [2.45, 2.75) is 56.7 Å². The molecule has 0 bridgehead atoms. The fraction of sp³-hybridized carbons (Fsp3) is 0.647. The molecule has 1 saturated heterocycles. The van der Waals surface area contributed by atoms with Crippen LogP contribution in [0.1, 0.15) is 49.3 Å². The van der Waals surface area contributed by atoms with E-state index in [1.807, 2.05) is 12.1 Å². The summed E-state index contributed by atoms with van der Waals surface area (Å²) in [5.41, 5.74) is 2.80. The highest BCUT2D eigenvalue weighted by molar-refractivity contribution is 5.38. The highest BCUT2D eigenvalue weighted by Crippen LogP contribution is 2.41. The smallest absolute Gasteiger partial charge is 0.115 e. The first-order chi connectivity index (χ1) is 9.83. The van der Waals surface area contributed by atoms with Crippen LogP contribution in [0.15, 0.2) is 18.2 Å². The van der Waals surface area contributed by atoms with Gasteiger partial charge >= 0.3 is 0 Å². The Morgan fingerprint density at radius 3 is 3.05 bits per heavy atom. The van der Waals surface area contributed by atoms with Gasteiger partial charge in [0, 0.05) is 18.6 Å². The number of nitrogens with zero attached hydrogens (tertiary/aromatic N) is 1. The lowest BCUT2D eigenvalue weighted by atomic mass is 9.85. The van der Waals surface area contributed by atoms with E-state index in [1.165, 1.54) is 43.2 Å². The molecule has 0 amide bonds. The summed E-state index contributed by atoms with van der Waals surface area (Å²) in [6, 6.07) is 7.03. The van der Waals surface area contributed by atoms with Crippen LogP contribution >= 0.6 is 0 Å². The average molecular weight is 273 g/mol. The van der Waals surface area contributed by atoms with Gasteiger partial charge in [-0.15, -0.1) is 0 Å². The summed E-state index contributed by atoms with van der Waals surface area (Å²) < 4.78 is 5.94. The van der Waals surface area contributed by atoms with Crippen molar-refractivity contribution in [1.29, 1.82) is 0 Å². The van der Waals surface area contributed by atoms with Gasteiger partial charge in [0.05, 0.1) is 12.7 Å². The average Bonchev–Trinajstić information content (AvgIpc) is 2.95. The maximum atomic E-state index is 9.85. The Morgan fingerprint density at radius 1 is 1.15 bits per heavy atom. The van der Waals surface area contributed by atoms with Crippen LogP contribution in [0.3, 0.4) is 0 Å². The molecule has 1 N–H and O–H groups in total. The van der Waals surface area contributed by atoms with Crippen molar-refractivity contribution in [1.82, 2.24) is 4.90 Å². The molecule has 3 aliphatic rings. The summed E-state index contributed by atoms with van der Waals surface area (Å²) in [4.78, 5) is 2.68. The molecule has 108 valence electrons. The van der Waals surface area contributed by atoms with E-state index in [0.29, 0.717) is 23.9 Å². The fourth-order valence-corrected chi connectivity index (χ4v) is 4.45. The minimum Gasteiger partial charge on any atom is -0.508 e. The SMILES string of the molecule is Oc1ccc2c(c1)C(N1CCOC3CCCC31)CCC2. The molecule has 1 aliphatic heterocycles. The van der Waals surface area contributed by atoms with Gasteiger partial charge in [0.1, 0.15) is 5.75 Å². The van der Waals surface area contributed by atoms with Crippen molar-refractivity contribution in [2.75, 3.05) is 13.2 Å². The van der Waals surface area contributed by atoms with E-state index in [9.17, 15) is 5.11 Å². The monoisotopic (exact) mass is 273 g/mol. The second-order valence-electron chi connectivity index (χ2n) is 6.44. The van der Waals surface area contributed by atoms with Gasteiger partial charge in [0.25, 0.3) is 0 Å². The third-order valence-electron chi connectivity index (χ3n) is 5.34. The Kier molecular flexibility index (Phi) is 3.20. The first-order valence-corrected chi connectivity index (χ1v) is 8.02. The minimum absolute atomic E-state index is 0.409. The Morgan fingerprint density at radius 2 is 2.10 bits per heavy atom. The van der Waals surface area contributed by atoms with Crippen molar-refractivity contribution in [3.63, 3.8) is 0 Å². The van der Waals surface area contributed by atoms with Crippen LogP contribution in [0.25, 0.3) is 0 Å². The third-order valence-corrected chi connectivity index (χ3v) is 5.34. The van der Waals surface area contributed by atoms with Gasteiger partial charge in [0.2, 0.25) is 0 Å². The number of hydrogen-bond donors (Lipinski definition) is 1. The quantitative estimate of drug-likeness (QED) is 0.853. The predicted octanol–water partition coefficient (Wildman–Crippen LogP) is 3.02. The summed E-state index contributed by atoms with van der Waals surface area (Å²) in [7, 11) is 0. The number of hydrogen-bond acceptors (Lipinski definition) is 3. The van der Waals surface area contributed by atoms with E-state index >= 15 is 0 Å². The van der Waals surface area contributed by atoms with E-state index in [2.05, 4.69) is 11.0 Å². The Balaban J connectivity index is 1.67. The van der Waals surface area contributed by atoms with Gasteiger partial charge < -0.3 is 9.84 Å². The number of fused-ring (bicyclic) bond motifs is 2. The van der Waals surface area contributed by atoms with Crippen LogP contribution in [-0.4, -0.2) is 35.3 Å². The van der Waals surface area contributed by atoms with Crippen LogP contribution in [0, 0.1) is 0 Å². The third kappa shape index (κ3) is 2.04. The van der Waals surface area contributed by atoms with Crippen molar-refractivity contribution < 1.29 is 9.84 Å². The van der Waals surface area contributed by atoms with Gasteiger partial charge in [-0.2, -0.15) is 0 Å². The number of rotatable bonds is 1. The molecule has 1 heterocycles. The maximum Gasteiger partial charge on any atom is 0.115 e. The summed E-state index contributed by atoms with van der Waals surface area (Å²) in [6.07, 6.45) is 7.88. The van der Waals surface area contributed by atoms with Crippen molar-refractivity contribution in [3.05, 3.63) is 29.3 Å². The fourth-order valence-electron chi connectivity index (χ4n) is 4.45. The molecule has 1 aromatic carbocycles. The van der Waals surface area contributed by atoms with E-state index in [-0.39, 0.29) is 0 Å². The first-order valence-electron chi connectivity index (χ1n) is 8.02. The molecule has 2 aliphatic carbocycles.